The van der Waals surface area contributed by atoms with Crippen molar-refractivity contribution < 1.29 is 14.3 Å². The van der Waals surface area contributed by atoms with Crippen LogP contribution in [-0.4, -0.2) is 105 Å². The molecule has 1 aromatic rings. The Hall–Kier alpha value is -2.24. The summed E-state index contributed by atoms with van der Waals surface area (Å²) in [5.41, 5.74) is 1.21. The number of halogens is 1. The number of hydrogen-bond acceptors (Lipinski definition) is 5. The van der Waals surface area contributed by atoms with Crippen molar-refractivity contribution in [1.82, 2.24) is 20.0 Å². The van der Waals surface area contributed by atoms with Gasteiger partial charge in [0.1, 0.15) is 0 Å². The molecule has 2 fully saturated rings. The molecule has 0 unspecified atom stereocenters. The first-order valence-electron chi connectivity index (χ1n) is 11.1. The summed E-state index contributed by atoms with van der Waals surface area (Å²) in [7, 11) is 1.74. The van der Waals surface area contributed by atoms with Crippen molar-refractivity contribution in [3.63, 3.8) is 0 Å². The molecule has 0 saturated carbocycles. The van der Waals surface area contributed by atoms with Crippen molar-refractivity contribution in [2.45, 2.75) is 13.3 Å². The van der Waals surface area contributed by atoms with Gasteiger partial charge in [0.05, 0.1) is 6.61 Å². The monoisotopic (exact) mass is 558 g/mol. The van der Waals surface area contributed by atoms with Crippen LogP contribution in [-0.2, 0) is 9.53 Å². The Morgan fingerprint density at radius 1 is 0.938 bits per heavy atom. The lowest BCUT2D eigenvalue weighted by Crippen LogP contribution is -2.54. The topological polar surface area (TPSA) is 80.7 Å². The second kappa shape index (κ2) is 13.3. The molecular formula is C22H35IN6O3. The van der Waals surface area contributed by atoms with Crippen LogP contribution in [0.25, 0.3) is 0 Å². The van der Waals surface area contributed by atoms with Gasteiger partial charge in [0, 0.05) is 78.1 Å². The molecule has 2 heterocycles. The van der Waals surface area contributed by atoms with Gasteiger partial charge in [-0.05, 0) is 19.1 Å². The van der Waals surface area contributed by atoms with E-state index in [2.05, 4.69) is 32.2 Å². The minimum Gasteiger partial charge on any atom is -0.450 e. The lowest BCUT2D eigenvalue weighted by Gasteiger charge is -2.37. The molecule has 1 N–H and O–H groups in total. The van der Waals surface area contributed by atoms with E-state index in [1.54, 1.807) is 11.9 Å². The van der Waals surface area contributed by atoms with Crippen LogP contribution in [0, 0.1) is 0 Å². The van der Waals surface area contributed by atoms with Gasteiger partial charge >= 0.3 is 6.09 Å². The number of ether oxygens (including phenoxy) is 1. The van der Waals surface area contributed by atoms with Crippen LogP contribution >= 0.6 is 24.0 Å². The molecule has 1 aromatic carbocycles. The molecule has 10 heteroatoms. The van der Waals surface area contributed by atoms with E-state index >= 15 is 0 Å². The number of benzene rings is 1. The number of piperazine rings is 2. The number of guanidine groups is 1. The minimum atomic E-state index is -0.261. The van der Waals surface area contributed by atoms with Gasteiger partial charge in [-0.1, -0.05) is 18.2 Å². The molecule has 0 bridgehead atoms. The van der Waals surface area contributed by atoms with E-state index in [0.717, 1.165) is 32.1 Å². The van der Waals surface area contributed by atoms with Gasteiger partial charge in [-0.3, -0.25) is 9.79 Å². The number of carbonyl (C=O) groups is 2. The fraction of sp³-hybridized carbons (Fsp3) is 0.591. The maximum absolute atomic E-state index is 12.6. The standard InChI is InChI=1S/C22H34N6O3.HI/c1-3-31-22(30)28-17-15-27(16-18-28)21(23-2)24-10-9-20(29)26-13-11-25(12-14-26)19-7-5-4-6-8-19;/h4-8H,3,9-18H2,1-2H3,(H,23,24);1H. The summed E-state index contributed by atoms with van der Waals surface area (Å²) in [6.45, 7) is 8.53. The molecule has 32 heavy (non-hydrogen) atoms. The zero-order chi connectivity index (χ0) is 22.1. The molecule has 2 aliphatic heterocycles. The first-order chi connectivity index (χ1) is 15.1. The molecule has 3 rings (SSSR count). The molecule has 0 aromatic heterocycles. The van der Waals surface area contributed by atoms with E-state index in [1.807, 2.05) is 30.0 Å². The van der Waals surface area contributed by atoms with Crippen LogP contribution in [0.5, 0.6) is 0 Å². The summed E-state index contributed by atoms with van der Waals surface area (Å²) >= 11 is 0. The van der Waals surface area contributed by atoms with Crippen molar-refractivity contribution in [2.24, 2.45) is 4.99 Å². The third-order valence-electron chi connectivity index (χ3n) is 5.69. The van der Waals surface area contributed by atoms with Crippen LogP contribution in [0.15, 0.2) is 35.3 Å². The van der Waals surface area contributed by atoms with Gasteiger partial charge in [0.15, 0.2) is 5.96 Å². The molecule has 0 aliphatic carbocycles. The summed E-state index contributed by atoms with van der Waals surface area (Å²) in [6, 6.07) is 10.3. The second-order valence-electron chi connectivity index (χ2n) is 7.60. The van der Waals surface area contributed by atoms with Crippen LogP contribution in [0.1, 0.15) is 13.3 Å². The van der Waals surface area contributed by atoms with Crippen LogP contribution in [0.3, 0.4) is 0 Å². The van der Waals surface area contributed by atoms with Crippen LogP contribution in [0.2, 0.25) is 0 Å². The van der Waals surface area contributed by atoms with E-state index in [-0.39, 0.29) is 36.0 Å². The number of hydrogen-bond donors (Lipinski definition) is 1. The number of nitrogens with one attached hydrogen (secondary N) is 1. The summed E-state index contributed by atoms with van der Waals surface area (Å²) in [6.07, 6.45) is 0.177. The average Bonchev–Trinajstić information content (AvgIpc) is 2.83. The zero-order valence-corrected chi connectivity index (χ0v) is 21.4. The van der Waals surface area contributed by atoms with E-state index in [1.165, 1.54) is 5.69 Å². The molecule has 0 atom stereocenters. The highest BCUT2D eigenvalue weighted by atomic mass is 127. The number of anilines is 1. The number of para-hydroxylation sites is 1. The number of amides is 2. The Kier molecular flexibility index (Phi) is 10.8. The maximum Gasteiger partial charge on any atom is 0.409 e. The maximum atomic E-state index is 12.6. The fourth-order valence-corrected chi connectivity index (χ4v) is 3.94. The van der Waals surface area contributed by atoms with Crippen molar-refractivity contribution >= 4 is 47.6 Å². The number of nitrogens with zero attached hydrogens (tertiary/aromatic N) is 5. The van der Waals surface area contributed by atoms with Crippen molar-refractivity contribution in [2.75, 3.05) is 77.5 Å². The Morgan fingerprint density at radius 3 is 2.12 bits per heavy atom. The second-order valence-corrected chi connectivity index (χ2v) is 7.60. The highest BCUT2D eigenvalue weighted by Gasteiger charge is 2.24. The normalized spacial score (nSPS) is 17.0. The van der Waals surface area contributed by atoms with E-state index in [4.69, 9.17) is 4.74 Å². The largest absolute Gasteiger partial charge is 0.450 e. The van der Waals surface area contributed by atoms with Gasteiger partial charge in [0.2, 0.25) is 5.91 Å². The first-order valence-corrected chi connectivity index (χ1v) is 11.1. The smallest absolute Gasteiger partial charge is 0.409 e. The van der Waals surface area contributed by atoms with Gasteiger partial charge in [-0.25, -0.2) is 4.79 Å². The predicted molar refractivity (Wildman–Crippen MR) is 137 cm³/mol. The van der Waals surface area contributed by atoms with Crippen LogP contribution in [0.4, 0.5) is 10.5 Å². The zero-order valence-electron chi connectivity index (χ0n) is 19.0. The fourth-order valence-electron chi connectivity index (χ4n) is 3.94. The quantitative estimate of drug-likeness (QED) is 0.337. The third kappa shape index (κ3) is 7.14. The Labute approximate surface area is 207 Å². The van der Waals surface area contributed by atoms with Gasteiger partial charge in [-0.2, -0.15) is 0 Å². The minimum absolute atomic E-state index is 0. The number of aliphatic imine (C=N–C) groups is 1. The Morgan fingerprint density at radius 2 is 1.53 bits per heavy atom. The van der Waals surface area contributed by atoms with Crippen molar-refractivity contribution in [3.8, 4) is 0 Å². The predicted octanol–water partition coefficient (Wildman–Crippen LogP) is 1.69. The van der Waals surface area contributed by atoms with Gasteiger partial charge in [0.25, 0.3) is 0 Å². The van der Waals surface area contributed by atoms with Crippen molar-refractivity contribution in [3.05, 3.63) is 30.3 Å². The van der Waals surface area contributed by atoms with Crippen molar-refractivity contribution in [1.29, 1.82) is 0 Å². The lowest BCUT2D eigenvalue weighted by molar-refractivity contribution is -0.131. The SMILES string of the molecule is CCOC(=O)N1CCN(C(=NC)NCCC(=O)N2CCN(c3ccccc3)CC2)CC1.I. The molecular weight excluding hydrogens is 523 g/mol. The summed E-state index contributed by atoms with van der Waals surface area (Å²) in [5, 5.41) is 3.30. The van der Waals surface area contributed by atoms with E-state index in [9.17, 15) is 9.59 Å². The Balaban J connectivity index is 0.00000363. The van der Waals surface area contributed by atoms with E-state index < -0.39 is 0 Å². The van der Waals surface area contributed by atoms with Gasteiger partial charge in [-0.15, -0.1) is 24.0 Å². The van der Waals surface area contributed by atoms with Gasteiger partial charge < -0.3 is 29.7 Å². The summed E-state index contributed by atoms with van der Waals surface area (Å²) in [4.78, 5) is 36.9. The Bertz CT molecular complexity index is 747. The third-order valence-corrected chi connectivity index (χ3v) is 5.69. The van der Waals surface area contributed by atoms with Crippen LogP contribution < -0.4 is 10.2 Å². The number of carbonyl (C=O) groups excluding carboxylic acids is 2. The average molecular weight is 558 g/mol. The lowest BCUT2D eigenvalue weighted by atomic mass is 10.2. The highest BCUT2D eigenvalue weighted by molar-refractivity contribution is 14.0. The highest BCUT2D eigenvalue weighted by Crippen LogP contribution is 2.15. The molecule has 0 spiro atoms. The first kappa shape index (κ1) is 26.0. The summed E-state index contributed by atoms with van der Waals surface area (Å²) in [5.74, 6) is 0.938. The molecule has 2 saturated heterocycles. The summed E-state index contributed by atoms with van der Waals surface area (Å²) < 4.78 is 5.06. The number of rotatable bonds is 5. The molecule has 2 amide bonds. The molecule has 9 nitrogen and oxygen atoms in total. The molecule has 178 valence electrons. The molecule has 2 aliphatic rings. The molecule has 0 radical (unpaired) electrons. The van der Waals surface area contributed by atoms with E-state index in [0.29, 0.717) is 45.8 Å².